The predicted octanol–water partition coefficient (Wildman–Crippen LogP) is 1.68. The van der Waals surface area contributed by atoms with Crippen LogP contribution in [0.15, 0.2) is 18.3 Å². The van der Waals surface area contributed by atoms with Crippen molar-refractivity contribution in [2.24, 2.45) is 0 Å². The molecule has 0 aliphatic carbocycles. The maximum absolute atomic E-state index is 10.9. The number of carbonyl (C=O) groups excluding carboxylic acids is 1. The van der Waals surface area contributed by atoms with Crippen molar-refractivity contribution < 1.29 is 9.53 Å². The SMILES string of the molecule is C#CC(C)Oc1ccc(C(C)=O)cn1. The third kappa shape index (κ3) is 2.60. The van der Waals surface area contributed by atoms with E-state index in [2.05, 4.69) is 10.9 Å². The molecule has 3 nitrogen and oxygen atoms in total. The van der Waals surface area contributed by atoms with Crippen LogP contribution in [-0.2, 0) is 0 Å². The van der Waals surface area contributed by atoms with Gasteiger partial charge in [-0.15, -0.1) is 6.42 Å². The van der Waals surface area contributed by atoms with Crippen molar-refractivity contribution in [2.45, 2.75) is 20.0 Å². The second kappa shape index (κ2) is 4.43. The number of aromatic nitrogens is 1. The van der Waals surface area contributed by atoms with Gasteiger partial charge < -0.3 is 4.74 Å². The van der Waals surface area contributed by atoms with E-state index in [1.165, 1.54) is 13.1 Å². The molecule has 1 aromatic rings. The number of nitrogens with zero attached hydrogens (tertiary/aromatic N) is 1. The van der Waals surface area contributed by atoms with Gasteiger partial charge in [-0.05, 0) is 19.9 Å². The summed E-state index contributed by atoms with van der Waals surface area (Å²) in [6, 6.07) is 3.29. The van der Waals surface area contributed by atoms with Gasteiger partial charge in [0.15, 0.2) is 11.9 Å². The topological polar surface area (TPSA) is 39.2 Å². The smallest absolute Gasteiger partial charge is 0.214 e. The molecule has 72 valence electrons. The van der Waals surface area contributed by atoms with Gasteiger partial charge in [0.25, 0.3) is 0 Å². The molecule has 0 aromatic carbocycles. The van der Waals surface area contributed by atoms with E-state index in [9.17, 15) is 4.79 Å². The van der Waals surface area contributed by atoms with E-state index in [-0.39, 0.29) is 11.9 Å². The first-order valence-electron chi connectivity index (χ1n) is 4.23. The predicted molar refractivity (Wildman–Crippen MR) is 53.2 cm³/mol. The Morgan fingerprint density at radius 3 is 2.79 bits per heavy atom. The molecule has 0 spiro atoms. The van der Waals surface area contributed by atoms with Crippen LogP contribution in [0.5, 0.6) is 5.88 Å². The number of hydrogen-bond acceptors (Lipinski definition) is 3. The number of terminal acetylenes is 1. The Kier molecular flexibility index (Phi) is 3.24. The number of ketones is 1. The maximum atomic E-state index is 10.9. The molecule has 0 amide bonds. The molecule has 3 heteroatoms. The molecule has 0 radical (unpaired) electrons. The number of hydrogen-bond donors (Lipinski definition) is 0. The number of ether oxygens (including phenoxy) is 1. The lowest BCUT2D eigenvalue weighted by atomic mass is 10.2. The Balaban J connectivity index is 2.75. The lowest BCUT2D eigenvalue weighted by molar-refractivity contribution is 0.101. The van der Waals surface area contributed by atoms with Crippen molar-refractivity contribution in [3.63, 3.8) is 0 Å². The highest BCUT2D eigenvalue weighted by molar-refractivity contribution is 5.93. The van der Waals surface area contributed by atoms with Crippen molar-refractivity contribution in [1.82, 2.24) is 4.98 Å². The lowest BCUT2D eigenvalue weighted by Gasteiger charge is -2.07. The minimum absolute atomic E-state index is 0.0194. The number of rotatable bonds is 3. The van der Waals surface area contributed by atoms with E-state index in [0.717, 1.165) is 0 Å². The van der Waals surface area contributed by atoms with E-state index in [0.29, 0.717) is 11.4 Å². The Labute approximate surface area is 83.1 Å². The summed E-state index contributed by atoms with van der Waals surface area (Å²) in [4.78, 5) is 14.9. The zero-order chi connectivity index (χ0) is 10.6. The van der Waals surface area contributed by atoms with Crippen molar-refractivity contribution >= 4 is 5.78 Å². The van der Waals surface area contributed by atoms with E-state index in [1.54, 1.807) is 19.1 Å². The molecule has 0 N–H and O–H groups in total. The quantitative estimate of drug-likeness (QED) is 0.536. The summed E-state index contributed by atoms with van der Waals surface area (Å²) < 4.78 is 5.24. The Morgan fingerprint density at radius 2 is 2.36 bits per heavy atom. The minimum atomic E-state index is -0.314. The second-order valence-corrected chi connectivity index (χ2v) is 2.87. The fraction of sp³-hybridized carbons (Fsp3) is 0.273. The van der Waals surface area contributed by atoms with Crippen molar-refractivity contribution in [3.05, 3.63) is 23.9 Å². The van der Waals surface area contributed by atoms with Gasteiger partial charge >= 0.3 is 0 Å². The Hall–Kier alpha value is -1.82. The highest BCUT2D eigenvalue weighted by Crippen LogP contribution is 2.09. The van der Waals surface area contributed by atoms with Crippen LogP contribution in [0.3, 0.4) is 0 Å². The molecule has 0 saturated carbocycles. The van der Waals surface area contributed by atoms with Crippen molar-refractivity contribution in [3.8, 4) is 18.2 Å². The first-order valence-corrected chi connectivity index (χ1v) is 4.23. The van der Waals surface area contributed by atoms with Gasteiger partial charge in [0.05, 0.1) is 0 Å². The number of pyridine rings is 1. The fourth-order valence-electron chi connectivity index (χ4n) is 0.873. The van der Waals surface area contributed by atoms with Gasteiger partial charge in [0, 0.05) is 17.8 Å². The van der Waals surface area contributed by atoms with Crippen LogP contribution < -0.4 is 4.74 Å². The van der Waals surface area contributed by atoms with Crippen molar-refractivity contribution in [1.29, 1.82) is 0 Å². The monoisotopic (exact) mass is 189 g/mol. The summed E-state index contributed by atoms with van der Waals surface area (Å²) in [6.45, 7) is 3.24. The maximum Gasteiger partial charge on any atom is 0.214 e. The zero-order valence-corrected chi connectivity index (χ0v) is 8.15. The standard InChI is InChI=1S/C11H11NO2/c1-4-8(2)14-11-6-5-10(7-12-11)9(3)13/h1,5-8H,2-3H3. The molecule has 14 heavy (non-hydrogen) atoms. The largest absolute Gasteiger partial charge is 0.461 e. The molecule has 0 saturated heterocycles. The zero-order valence-electron chi connectivity index (χ0n) is 8.15. The highest BCUT2D eigenvalue weighted by Gasteiger charge is 2.02. The Bertz CT molecular complexity index is 362. The van der Waals surface area contributed by atoms with E-state index in [1.807, 2.05) is 0 Å². The summed E-state index contributed by atoms with van der Waals surface area (Å²) in [5.41, 5.74) is 0.561. The van der Waals surface area contributed by atoms with E-state index in [4.69, 9.17) is 11.2 Å². The van der Waals surface area contributed by atoms with Gasteiger partial charge in [0.2, 0.25) is 5.88 Å². The lowest BCUT2D eigenvalue weighted by Crippen LogP contribution is -2.09. The second-order valence-electron chi connectivity index (χ2n) is 2.87. The van der Waals surface area contributed by atoms with Gasteiger partial charge in [-0.2, -0.15) is 0 Å². The van der Waals surface area contributed by atoms with Gasteiger partial charge in [-0.25, -0.2) is 4.98 Å². The Morgan fingerprint density at radius 1 is 1.64 bits per heavy atom. The third-order valence-electron chi connectivity index (χ3n) is 1.68. The molecular weight excluding hydrogens is 178 g/mol. The van der Waals surface area contributed by atoms with E-state index < -0.39 is 0 Å². The van der Waals surface area contributed by atoms with Crippen LogP contribution in [-0.4, -0.2) is 16.9 Å². The first-order chi connectivity index (χ1) is 6.63. The van der Waals surface area contributed by atoms with Crippen LogP contribution in [0.25, 0.3) is 0 Å². The van der Waals surface area contributed by atoms with Crippen LogP contribution >= 0.6 is 0 Å². The molecule has 1 atom stereocenters. The number of Topliss-reactive ketones (excluding diaryl/α,β-unsaturated/α-hetero) is 1. The van der Waals surface area contributed by atoms with Gasteiger partial charge in [-0.1, -0.05) is 5.92 Å². The molecule has 1 rings (SSSR count). The van der Waals surface area contributed by atoms with Crippen LogP contribution in [0.1, 0.15) is 24.2 Å². The van der Waals surface area contributed by atoms with Crippen LogP contribution in [0, 0.1) is 12.3 Å². The summed E-state index contributed by atoms with van der Waals surface area (Å²) >= 11 is 0. The molecule has 1 heterocycles. The molecule has 0 fully saturated rings. The first kappa shape index (κ1) is 10.3. The molecule has 1 aromatic heterocycles. The molecule has 0 bridgehead atoms. The molecule has 0 aliphatic heterocycles. The molecule has 0 aliphatic rings. The number of carbonyl (C=O) groups is 1. The van der Waals surface area contributed by atoms with Gasteiger partial charge in [-0.3, -0.25) is 4.79 Å². The molecular formula is C11H11NO2. The van der Waals surface area contributed by atoms with Crippen molar-refractivity contribution in [2.75, 3.05) is 0 Å². The summed E-state index contributed by atoms with van der Waals surface area (Å²) in [5, 5.41) is 0. The van der Waals surface area contributed by atoms with Gasteiger partial charge in [0.1, 0.15) is 0 Å². The average Bonchev–Trinajstić information content (AvgIpc) is 2.18. The summed E-state index contributed by atoms with van der Waals surface area (Å²) in [7, 11) is 0. The van der Waals surface area contributed by atoms with E-state index >= 15 is 0 Å². The third-order valence-corrected chi connectivity index (χ3v) is 1.68. The summed E-state index contributed by atoms with van der Waals surface area (Å²) in [6.07, 6.45) is 6.30. The van der Waals surface area contributed by atoms with Crippen LogP contribution in [0.4, 0.5) is 0 Å². The average molecular weight is 189 g/mol. The highest BCUT2D eigenvalue weighted by atomic mass is 16.5. The molecule has 1 unspecified atom stereocenters. The normalized spacial score (nSPS) is 11.5. The van der Waals surface area contributed by atoms with Crippen LogP contribution in [0.2, 0.25) is 0 Å². The minimum Gasteiger partial charge on any atom is -0.461 e. The fourth-order valence-corrected chi connectivity index (χ4v) is 0.873. The summed E-state index contributed by atoms with van der Waals surface area (Å²) in [5.74, 6) is 2.83.